The number of benzene rings is 1. The zero-order valence-corrected chi connectivity index (χ0v) is 12.1. The maximum absolute atomic E-state index is 11.1. The summed E-state index contributed by atoms with van der Waals surface area (Å²) in [7, 11) is 2.00. The Morgan fingerprint density at radius 1 is 1.50 bits per heavy atom. The van der Waals surface area contributed by atoms with E-state index in [1.807, 2.05) is 19.2 Å². The summed E-state index contributed by atoms with van der Waals surface area (Å²) in [5.74, 6) is -0.642. The SMILES string of the molecule is CN(CCc1cccc(Br)c1)CC1(C(=O)O)CC1. The van der Waals surface area contributed by atoms with Gasteiger partial charge < -0.3 is 10.0 Å². The lowest BCUT2D eigenvalue weighted by Gasteiger charge is -2.20. The lowest BCUT2D eigenvalue weighted by atomic mass is 10.1. The van der Waals surface area contributed by atoms with Gasteiger partial charge in [0.1, 0.15) is 0 Å². The summed E-state index contributed by atoms with van der Waals surface area (Å²) in [5.41, 5.74) is 0.822. The first-order valence-corrected chi connectivity index (χ1v) is 6.97. The summed E-state index contributed by atoms with van der Waals surface area (Å²) in [4.78, 5) is 13.2. The Morgan fingerprint density at radius 3 is 2.78 bits per heavy atom. The molecule has 0 atom stereocenters. The topological polar surface area (TPSA) is 40.5 Å². The molecular weight excluding hydrogens is 294 g/mol. The molecule has 4 heteroatoms. The molecular formula is C14H18BrNO2. The van der Waals surface area contributed by atoms with Crippen LogP contribution < -0.4 is 0 Å². The predicted octanol–water partition coefficient (Wildman–Crippen LogP) is 2.79. The highest BCUT2D eigenvalue weighted by molar-refractivity contribution is 9.10. The Kier molecular flexibility index (Phi) is 4.07. The van der Waals surface area contributed by atoms with Gasteiger partial charge in [0.25, 0.3) is 0 Å². The minimum atomic E-state index is -0.642. The highest BCUT2D eigenvalue weighted by Gasteiger charge is 2.50. The van der Waals surface area contributed by atoms with E-state index in [0.29, 0.717) is 6.54 Å². The smallest absolute Gasteiger partial charge is 0.310 e. The number of hydrogen-bond acceptors (Lipinski definition) is 2. The van der Waals surface area contributed by atoms with Gasteiger partial charge in [-0.25, -0.2) is 0 Å². The van der Waals surface area contributed by atoms with E-state index < -0.39 is 11.4 Å². The third-order valence-electron chi connectivity index (χ3n) is 3.55. The molecule has 0 spiro atoms. The minimum Gasteiger partial charge on any atom is -0.481 e. The second-order valence-corrected chi connectivity index (χ2v) is 6.12. The molecule has 18 heavy (non-hydrogen) atoms. The number of nitrogens with zero attached hydrogens (tertiary/aromatic N) is 1. The summed E-state index contributed by atoms with van der Waals surface area (Å²) in [6.07, 6.45) is 2.60. The third-order valence-corrected chi connectivity index (χ3v) is 4.04. The quantitative estimate of drug-likeness (QED) is 0.878. The number of halogens is 1. The molecule has 0 heterocycles. The minimum absolute atomic E-state index is 0.452. The van der Waals surface area contributed by atoms with Crippen molar-refractivity contribution in [2.24, 2.45) is 5.41 Å². The Balaban J connectivity index is 1.82. The molecule has 1 fully saturated rings. The molecule has 0 radical (unpaired) electrons. The average molecular weight is 312 g/mol. The van der Waals surface area contributed by atoms with Crippen molar-refractivity contribution in [3.05, 3.63) is 34.3 Å². The van der Waals surface area contributed by atoms with Crippen LogP contribution in [0.15, 0.2) is 28.7 Å². The lowest BCUT2D eigenvalue weighted by Crippen LogP contribution is -2.33. The molecule has 1 aromatic carbocycles. The van der Waals surface area contributed by atoms with E-state index in [1.54, 1.807) is 0 Å². The Hall–Kier alpha value is -0.870. The molecule has 0 amide bonds. The van der Waals surface area contributed by atoms with Crippen LogP contribution in [0.2, 0.25) is 0 Å². The molecule has 0 bridgehead atoms. The molecule has 0 aromatic heterocycles. The molecule has 3 nitrogen and oxygen atoms in total. The number of carboxylic acids is 1. The average Bonchev–Trinajstić information content (AvgIpc) is 3.08. The van der Waals surface area contributed by atoms with Crippen molar-refractivity contribution in [2.45, 2.75) is 19.3 Å². The summed E-state index contributed by atoms with van der Waals surface area (Å²) in [6, 6.07) is 8.25. The molecule has 98 valence electrons. The molecule has 1 aliphatic rings. The molecule has 1 N–H and O–H groups in total. The zero-order chi connectivity index (χ0) is 13.2. The van der Waals surface area contributed by atoms with Crippen LogP contribution in [-0.2, 0) is 11.2 Å². The second kappa shape index (κ2) is 5.41. The molecule has 2 rings (SSSR count). The van der Waals surface area contributed by atoms with Crippen molar-refractivity contribution in [3.63, 3.8) is 0 Å². The van der Waals surface area contributed by atoms with Gasteiger partial charge >= 0.3 is 5.97 Å². The van der Waals surface area contributed by atoms with Gasteiger partial charge in [0.2, 0.25) is 0 Å². The van der Waals surface area contributed by atoms with Crippen molar-refractivity contribution in [1.29, 1.82) is 0 Å². The maximum Gasteiger partial charge on any atom is 0.310 e. The first-order valence-electron chi connectivity index (χ1n) is 6.18. The summed E-state index contributed by atoms with van der Waals surface area (Å²) in [5, 5.41) is 9.14. The van der Waals surface area contributed by atoms with Crippen molar-refractivity contribution in [2.75, 3.05) is 20.1 Å². The number of likely N-dealkylation sites (N-methyl/N-ethyl adjacent to an activating group) is 1. The van der Waals surface area contributed by atoms with E-state index in [4.69, 9.17) is 5.11 Å². The van der Waals surface area contributed by atoms with Gasteiger partial charge in [-0.2, -0.15) is 0 Å². The predicted molar refractivity (Wildman–Crippen MR) is 74.6 cm³/mol. The first-order chi connectivity index (χ1) is 8.52. The Labute approximate surface area is 116 Å². The third kappa shape index (κ3) is 3.33. The van der Waals surface area contributed by atoms with E-state index in [2.05, 4.69) is 33.0 Å². The van der Waals surface area contributed by atoms with Crippen molar-refractivity contribution in [1.82, 2.24) is 4.90 Å². The van der Waals surface area contributed by atoms with E-state index in [1.165, 1.54) is 5.56 Å². The van der Waals surface area contributed by atoms with Crippen molar-refractivity contribution < 1.29 is 9.90 Å². The van der Waals surface area contributed by atoms with Crippen LogP contribution in [0.3, 0.4) is 0 Å². The van der Waals surface area contributed by atoms with E-state index in [0.717, 1.165) is 30.3 Å². The molecule has 0 aliphatic heterocycles. The van der Waals surface area contributed by atoms with Gasteiger partial charge in [0.15, 0.2) is 0 Å². The van der Waals surface area contributed by atoms with Gasteiger partial charge in [-0.15, -0.1) is 0 Å². The monoisotopic (exact) mass is 311 g/mol. The van der Waals surface area contributed by atoms with Gasteiger partial charge in [0, 0.05) is 17.6 Å². The van der Waals surface area contributed by atoms with Crippen LogP contribution in [0.25, 0.3) is 0 Å². The van der Waals surface area contributed by atoms with Crippen LogP contribution in [0, 0.1) is 5.41 Å². The number of carboxylic acid groups (broad SMARTS) is 1. The fraction of sp³-hybridized carbons (Fsp3) is 0.500. The summed E-state index contributed by atoms with van der Waals surface area (Å²) < 4.78 is 1.09. The first kappa shape index (κ1) is 13.6. The lowest BCUT2D eigenvalue weighted by molar-refractivity contribution is -0.144. The molecule has 1 aromatic rings. The van der Waals surface area contributed by atoms with Gasteiger partial charge in [-0.1, -0.05) is 28.1 Å². The number of carbonyl (C=O) groups is 1. The van der Waals surface area contributed by atoms with Crippen LogP contribution >= 0.6 is 15.9 Å². The Bertz CT molecular complexity index is 443. The van der Waals surface area contributed by atoms with Gasteiger partial charge in [-0.3, -0.25) is 4.79 Å². The van der Waals surface area contributed by atoms with E-state index in [-0.39, 0.29) is 0 Å². The second-order valence-electron chi connectivity index (χ2n) is 5.20. The summed E-state index contributed by atoms with van der Waals surface area (Å²) >= 11 is 3.46. The normalized spacial score (nSPS) is 16.8. The standard InChI is InChI=1S/C14H18BrNO2/c1-16(10-14(6-7-14)13(17)18)8-5-11-3-2-4-12(15)9-11/h2-4,9H,5-8,10H2,1H3,(H,17,18). The van der Waals surface area contributed by atoms with Gasteiger partial charge in [-0.05, 0) is 44.0 Å². The van der Waals surface area contributed by atoms with Crippen molar-refractivity contribution >= 4 is 21.9 Å². The zero-order valence-electron chi connectivity index (χ0n) is 10.5. The van der Waals surface area contributed by atoms with E-state index >= 15 is 0 Å². The fourth-order valence-electron chi connectivity index (χ4n) is 2.20. The molecule has 1 saturated carbocycles. The fourth-order valence-corrected chi connectivity index (χ4v) is 2.65. The molecule has 1 aliphatic carbocycles. The molecule has 0 unspecified atom stereocenters. The van der Waals surface area contributed by atoms with Crippen molar-refractivity contribution in [3.8, 4) is 0 Å². The highest BCUT2D eigenvalue weighted by Crippen LogP contribution is 2.46. The number of hydrogen-bond donors (Lipinski definition) is 1. The molecule has 0 saturated heterocycles. The number of rotatable bonds is 6. The number of aliphatic carboxylic acids is 1. The van der Waals surface area contributed by atoms with E-state index in [9.17, 15) is 4.79 Å². The van der Waals surface area contributed by atoms with Crippen LogP contribution in [0.4, 0.5) is 0 Å². The maximum atomic E-state index is 11.1. The highest BCUT2D eigenvalue weighted by atomic mass is 79.9. The largest absolute Gasteiger partial charge is 0.481 e. The Morgan fingerprint density at radius 2 is 2.22 bits per heavy atom. The summed E-state index contributed by atoms with van der Waals surface area (Å²) in [6.45, 7) is 1.56. The van der Waals surface area contributed by atoms with Crippen LogP contribution in [-0.4, -0.2) is 36.1 Å². The van der Waals surface area contributed by atoms with Gasteiger partial charge in [0.05, 0.1) is 5.41 Å². The van der Waals surface area contributed by atoms with Crippen LogP contribution in [0.1, 0.15) is 18.4 Å². The van der Waals surface area contributed by atoms with Crippen LogP contribution in [0.5, 0.6) is 0 Å².